The first-order valence-corrected chi connectivity index (χ1v) is 10.1. The van der Waals surface area contributed by atoms with Gasteiger partial charge in [-0.1, -0.05) is 6.07 Å². The van der Waals surface area contributed by atoms with Gasteiger partial charge in [-0.3, -0.25) is 24.2 Å². The molecule has 2 aromatic heterocycles. The third kappa shape index (κ3) is 3.04. The van der Waals surface area contributed by atoms with Crippen molar-refractivity contribution in [1.82, 2.24) is 24.6 Å². The number of carbonyl (C=O) groups excluding carboxylic acids is 2. The summed E-state index contributed by atoms with van der Waals surface area (Å²) in [6.45, 7) is 2.15. The number of fused-ring (bicyclic) bond motifs is 1. The third-order valence-corrected chi connectivity index (χ3v) is 6.41. The highest BCUT2D eigenvalue weighted by Crippen LogP contribution is 2.34. The van der Waals surface area contributed by atoms with Gasteiger partial charge in [-0.25, -0.2) is 0 Å². The first-order valence-electron chi connectivity index (χ1n) is 10.1. The minimum atomic E-state index is -0.252. The lowest BCUT2D eigenvalue weighted by Crippen LogP contribution is -2.64. The molecule has 30 heavy (non-hydrogen) atoms. The second kappa shape index (κ2) is 6.91. The molecule has 0 saturated carbocycles. The van der Waals surface area contributed by atoms with E-state index >= 15 is 0 Å². The molecule has 1 aromatic carbocycles. The van der Waals surface area contributed by atoms with Crippen molar-refractivity contribution < 1.29 is 9.59 Å². The summed E-state index contributed by atoms with van der Waals surface area (Å²) in [7, 11) is 3.82. The Kier molecular flexibility index (Phi) is 4.32. The maximum Gasteiger partial charge on any atom is 0.253 e. The van der Waals surface area contributed by atoms with Crippen LogP contribution in [0.1, 0.15) is 16.8 Å². The lowest BCUT2D eigenvalue weighted by Gasteiger charge is -2.46. The maximum absolute atomic E-state index is 13.2. The summed E-state index contributed by atoms with van der Waals surface area (Å²) in [5.74, 6) is 0.0822. The summed E-state index contributed by atoms with van der Waals surface area (Å²) < 4.78 is 1.70. The monoisotopic (exact) mass is 404 g/mol. The number of carbonyl (C=O) groups is 2. The maximum atomic E-state index is 13.2. The van der Waals surface area contributed by atoms with Crippen LogP contribution in [0.25, 0.3) is 10.9 Å². The summed E-state index contributed by atoms with van der Waals surface area (Å²) >= 11 is 0. The predicted octanol–water partition coefficient (Wildman–Crippen LogP) is 1.53. The molecular weight excluding hydrogens is 380 g/mol. The quantitative estimate of drug-likeness (QED) is 0.648. The molecule has 2 aliphatic heterocycles. The molecule has 5 rings (SSSR count). The number of nitrogens with zero attached hydrogens (tertiary/aromatic N) is 6. The van der Waals surface area contributed by atoms with E-state index < -0.39 is 0 Å². The third-order valence-electron chi connectivity index (χ3n) is 6.41. The number of hydrogen-bond acceptors (Lipinski definition) is 5. The molecule has 1 spiro atoms. The SMILES string of the molecule is CN1CC(=O)N(c2cnn(C)c2)C[C@]12CCN(C(=O)c1ccc3ncccc3c1)C2. The summed E-state index contributed by atoms with van der Waals surface area (Å²) in [5, 5.41) is 5.17. The molecule has 3 aromatic rings. The fourth-order valence-corrected chi connectivity index (χ4v) is 4.60. The van der Waals surface area contributed by atoms with Gasteiger partial charge in [-0.15, -0.1) is 0 Å². The minimum Gasteiger partial charge on any atom is -0.337 e. The Morgan fingerprint density at radius 2 is 2.03 bits per heavy atom. The highest BCUT2D eigenvalue weighted by Gasteiger charge is 2.48. The molecule has 4 heterocycles. The first-order chi connectivity index (χ1) is 14.4. The van der Waals surface area contributed by atoms with E-state index in [4.69, 9.17) is 0 Å². The second-order valence-corrected chi connectivity index (χ2v) is 8.32. The fraction of sp³-hybridized carbons (Fsp3) is 0.364. The topological polar surface area (TPSA) is 74.6 Å². The number of aromatic nitrogens is 3. The van der Waals surface area contributed by atoms with E-state index in [0.29, 0.717) is 31.7 Å². The number of hydrogen-bond donors (Lipinski definition) is 0. The number of piperazine rings is 1. The van der Waals surface area contributed by atoms with E-state index in [1.54, 1.807) is 17.1 Å². The van der Waals surface area contributed by atoms with Crippen molar-refractivity contribution in [3.05, 3.63) is 54.5 Å². The average molecular weight is 404 g/mol. The summed E-state index contributed by atoms with van der Waals surface area (Å²) in [4.78, 5) is 36.1. The molecule has 154 valence electrons. The Morgan fingerprint density at radius 3 is 2.83 bits per heavy atom. The minimum absolute atomic E-state index is 0.0239. The van der Waals surface area contributed by atoms with Gasteiger partial charge in [0.05, 0.1) is 29.5 Å². The first kappa shape index (κ1) is 18.7. The van der Waals surface area contributed by atoms with Crippen LogP contribution < -0.4 is 4.90 Å². The van der Waals surface area contributed by atoms with Crippen LogP contribution in [0.4, 0.5) is 5.69 Å². The van der Waals surface area contributed by atoms with Crippen molar-refractivity contribution in [3.63, 3.8) is 0 Å². The van der Waals surface area contributed by atoms with Gasteiger partial charge in [-0.2, -0.15) is 5.10 Å². The predicted molar refractivity (Wildman–Crippen MR) is 113 cm³/mol. The number of pyridine rings is 1. The van der Waals surface area contributed by atoms with Crippen LogP contribution in [0.3, 0.4) is 0 Å². The molecule has 1 atom stereocenters. The number of benzene rings is 1. The lowest BCUT2D eigenvalue weighted by molar-refractivity contribution is -0.123. The lowest BCUT2D eigenvalue weighted by atomic mass is 9.93. The van der Waals surface area contributed by atoms with Gasteiger partial charge in [0.15, 0.2) is 0 Å². The zero-order valence-corrected chi connectivity index (χ0v) is 17.2. The average Bonchev–Trinajstić information content (AvgIpc) is 3.37. The van der Waals surface area contributed by atoms with Gasteiger partial charge in [-0.05, 0) is 37.7 Å². The van der Waals surface area contributed by atoms with Crippen LogP contribution in [0, 0.1) is 0 Å². The zero-order chi connectivity index (χ0) is 20.9. The molecule has 8 heteroatoms. The molecular formula is C22H24N6O2. The molecule has 0 unspecified atom stereocenters. The largest absolute Gasteiger partial charge is 0.337 e. The molecule has 0 bridgehead atoms. The molecule has 0 radical (unpaired) electrons. The zero-order valence-electron chi connectivity index (χ0n) is 17.2. The van der Waals surface area contributed by atoms with Crippen LogP contribution in [0.2, 0.25) is 0 Å². The van der Waals surface area contributed by atoms with Crippen LogP contribution in [-0.2, 0) is 11.8 Å². The molecule has 8 nitrogen and oxygen atoms in total. The highest BCUT2D eigenvalue weighted by molar-refractivity contribution is 5.98. The van der Waals surface area contributed by atoms with E-state index in [0.717, 1.165) is 23.0 Å². The van der Waals surface area contributed by atoms with Crippen LogP contribution in [0.15, 0.2) is 48.9 Å². The molecule has 2 saturated heterocycles. The van der Waals surface area contributed by atoms with Gasteiger partial charge in [0.1, 0.15) is 0 Å². The number of aryl methyl sites for hydroxylation is 1. The van der Waals surface area contributed by atoms with Gasteiger partial charge in [0.2, 0.25) is 5.91 Å². The highest BCUT2D eigenvalue weighted by atomic mass is 16.2. The summed E-state index contributed by atoms with van der Waals surface area (Å²) in [6.07, 6.45) is 6.16. The standard InChI is InChI=1S/C22H24N6O2/c1-25-13-20(29)28(18-11-24-26(2)12-18)15-22(25)7-9-27(14-22)21(30)17-5-6-19-16(10-17)4-3-8-23-19/h3-6,8,10-12H,7,9,13-15H2,1-2H3/t22-/m1/s1. The Balaban J connectivity index is 1.38. The van der Waals surface area contributed by atoms with Gasteiger partial charge >= 0.3 is 0 Å². The second-order valence-electron chi connectivity index (χ2n) is 8.32. The van der Waals surface area contributed by atoms with E-state index in [1.807, 2.05) is 60.4 Å². The number of likely N-dealkylation sites (tertiary alicyclic amines) is 1. The van der Waals surface area contributed by atoms with E-state index in [1.165, 1.54) is 0 Å². The molecule has 2 fully saturated rings. The van der Waals surface area contributed by atoms with Crippen molar-refractivity contribution in [2.24, 2.45) is 7.05 Å². The summed E-state index contributed by atoms with van der Waals surface area (Å²) in [5.41, 5.74) is 2.11. The molecule has 2 aliphatic rings. The Labute approximate surface area is 174 Å². The number of rotatable bonds is 2. The molecule has 0 N–H and O–H groups in total. The normalized spacial score (nSPS) is 22.4. The Bertz CT molecular complexity index is 1140. The van der Waals surface area contributed by atoms with Crippen LogP contribution >= 0.6 is 0 Å². The number of amides is 2. The van der Waals surface area contributed by atoms with Crippen molar-refractivity contribution in [3.8, 4) is 0 Å². The number of anilines is 1. The van der Waals surface area contributed by atoms with Crippen molar-refractivity contribution >= 4 is 28.4 Å². The van der Waals surface area contributed by atoms with E-state index in [2.05, 4.69) is 15.0 Å². The van der Waals surface area contributed by atoms with Crippen molar-refractivity contribution in [2.75, 3.05) is 38.1 Å². The summed E-state index contributed by atoms with van der Waals surface area (Å²) in [6, 6.07) is 9.49. The Morgan fingerprint density at radius 1 is 1.17 bits per heavy atom. The van der Waals surface area contributed by atoms with E-state index in [9.17, 15) is 9.59 Å². The van der Waals surface area contributed by atoms with Crippen molar-refractivity contribution in [1.29, 1.82) is 0 Å². The van der Waals surface area contributed by atoms with Gasteiger partial charge < -0.3 is 9.80 Å². The van der Waals surface area contributed by atoms with Crippen molar-refractivity contribution in [2.45, 2.75) is 12.0 Å². The molecule has 2 amide bonds. The van der Waals surface area contributed by atoms with Crippen LogP contribution in [-0.4, -0.2) is 75.1 Å². The Hall–Kier alpha value is -3.26. The fourth-order valence-electron chi connectivity index (χ4n) is 4.60. The molecule has 0 aliphatic carbocycles. The smallest absolute Gasteiger partial charge is 0.253 e. The van der Waals surface area contributed by atoms with Gasteiger partial charge in [0.25, 0.3) is 5.91 Å². The van der Waals surface area contributed by atoms with Gasteiger partial charge in [0, 0.05) is 50.0 Å². The number of likely N-dealkylation sites (N-methyl/N-ethyl adjacent to an activating group) is 1. The van der Waals surface area contributed by atoms with E-state index in [-0.39, 0.29) is 17.4 Å². The van der Waals surface area contributed by atoms with Crippen LogP contribution in [0.5, 0.6) is 0 Å².